The first-order valence-corrected chi connectivity index (χ1v) is 8.90. The third-order valence-corrected chi connectivity index (χ3v) is 4.46. The zero-order chi connectivity index (χ0) is 21.0. The Morgan fingerprint density at radius 2 is 1.41 bits per heavy atom. The van der Waals surface area contributed by atoms with Gasteiger partial charge in [0.25, 0.3) is 5.91 Å². The normalized spacial score (nSPS) is 10.3. The molecule has 3 rings (SSSR count). The highest BCUT2D eigenvalue weighted by molar-refractivity contribution is 6.31. The molecule has 6 nitrogen and oxygen atoms in total. The first kappa shape index (κ1) is 20.1. The molecule has 146 valence electrons. The summed E-state index contributed by atoms with van der Waals surface area (Å²) in [6.07, 6.45) is 0. The van der Waals surface area contributed by atoms with Crippen LogP contribution in [-0.4, -0.2) is 29.9 Å². The molecule has 7 heteroatoms. The van der Waals surface area contributed by atoms with Gasteiger partial charge in [-0.25, -0.2) is 4.79 Å². The number of ketones is 1. The van der Waals surface area contributed by atoms with Crippen molar-refractivity contribution in [3.63, 3.8) is 0 Å². The number of carboxylic acid groups (broad SMARTS) is 1. The minimum absolute atomic E-state index is 0.114. The molecule has 0 spiro atoms. The lowest BCUT2D eigenvalue weighted by Crippen LogP contribution is -2.15. The summed E-state index contributed by atoms with van der Waals surface area (Å²) in [5.74, 6) is -1.25. The number of aromatic carboxylic acids is 1. The number of halogens is 1. The van der Waals surface area contributed by atoms with E-state index in [0.29, 0.717) is 16.9 Å². The van der Waals surface area contributed by atoms with Gasteiger partial charge in [0.15, 0.2) is 5.78 Å². The highest BCUT2D eigenvalue weighted by atomic mass is 35.5. The molecule has 0 saturated carbocycles. The molecule has 0 saturated heterocycles. The summed E-state index contributed by atoms with van der Waals surface area (Å²) in [5, 5.41) is 12.1. The summed E-state index contributed by atoms with van der Waals surface area (Å²) in [6.45, 7) is 0. The van der Waals surface area contributed by atoms with Gasteiger partial charge in [0.2, 0.25) is 0 Å². The number of amides is 1. The summed E-state index contributed by atoms with van der Waals surface area (Å²) >= 11 is 5.81. The van der Waals surface area contributed by atoms with E-state index in [1.54, 1.807) is 43.5 Å². The maximum atomic E-state index is 12.6. The van der Waals surface area contributed by atoms with Crippen LogP contribution in [0.15, 0.2) is 66.7 Å². The Morgan fingerprint density at radius 1 is 0.862 bits per heavy atom. The molecule has 0 aliphatic rings. The number of hydrogen-bond donors (Lipinski definition) is 2. The predicted octanol–water partition coefficient (Wildman–Crippen LogP) is 4.53. The molecule has 29 heavy (non-hydrogen) atoms. The van der Waals surface area contributed by atoms with E-state index in [1.165, 1.54) is 30.3 Å². The Hall–Kier alpha value is -3.64. The molecule has 0 bridgehead atoms. The van der Waals surface area contributed by atoms with Crippen molar-refractivity contribution in [1.82, 2.24) is 0 Å². The molecule has 3 aromatic carbocycles. The zero-order valence-electron chi connectivity index (χ0n) is 15.3. The van der Waals surface area contributed by atoms with Gasteiger partial charge in [0, 0.05) is 21.7 Å². The molecule has 0 unspecified atom stereocenters. The molecule has 0 fully saturated rings. The predicted molar refractivity (Wildman–Crippen MR) is 109 cm³/mol. The van der Waals surface area contributed by atoms with E-state index < -0.39 is 11.9 Å². The first-order chi connectivity index (χ1) is 13.9. The average Bonchev–Trinajstić information content (AvgIpc) is 2.74. The first-order valence-electron chi connectivity index (χ1n) is 8.52. The van der Waals surface area contributed by atoms with Crippen molar-refractivity contribution < 1.29 is 24.2 Å². The molecule has 3 aromatic rings. The molecule has 0 radical (unpaired) electrons. The van der Waals surface area contributed by atoms with Gasteiger partial charge in [0.1, 0.15) is 5.75 Å². The smallest absolute Gasteiger partial charge is 0.337 e. The van der Waals surface area contributed by atoms with Crippen LogP contribution in [0.2, 0.25) is 5.02 Å². The summed E-state index contributed by atoms with van der Waals surface area (Å²) in [6, 6.07) is 17.0. The van der Waals surface area contributed by atoms with Gasteiger partial charge in [-0.15, -0.1) is 0 Å². The lowest BCUT2D eigenvalue weighted by molar-refractivity contribution is 0.0697. The van der Waals surface area contributed by atoms with E-state index in [1.807, 2.05) is 0 Å². The van der Waals surface area contributed by atoms with Crippen molar-refractivity contribution in [2.75, 3.05) is 12.4 Å². The van der Waals surface area contributed by atoms with Gasteiger partial charge in [-0.3, -0.25) is 9.59 Å². The van der Waals surface area contributed by atoms with E-state index in [4.69, 9.17) is 16.3 Å². The number of benzene rings is 3. The van der Waals surface area contributed by atoms with Crippen molar-refractivity contribution >= 4 is 34.9 Å². The fraction of sp³-hybridized carbons (Fsp3) is 0.0455. The van der Waals surface area contributed by atoms with Gasteiger partial charge in [-0.1, -0.05) is 23.7 Å². The fourth-order valence-corrected chi connectivity index (χ4v) is 2.85. The number of methoxy groups -OCH3 is 1. The molecular weight excluding hydrogens is 394 g/mol. The highest BCUT2D eigenvalue weighted by Crippen LogP contribution is 2.22. The van der Waals surface area contributed by atoms with E-state index >= 15 is 0 Å². The van der Waals surface area contributed by atoms with Gasteiger partial charge in [0.05, 0.1) is 18.4 Å². The van der Waals surface area contributed by atoms with E-state index in [0.717, 1.165) is 0 Å². The van der Waals surface area contributed by atoms with Crippen molar-refractivity contribution in [2.45, 2.75) is 0 Å². The summed E-state index contributed by atoms with van der Waals surface area (Å²) in [5.41, 5.74) is 1.21. The number of rotatable bonds is 6. The van der Waals surface area contributed by atoms with Crippen molar-refractivity contribution in [2.24, 2.45) is 0 Å². The van der Waals surface area contributed by atoms with Crippen molar-refractivity contribution in [3.8, 4) is 5.75 Å². The van der Waals surface area contributed by atoms with E-state index in [-0.39, 0.29) is 27.6 Å². The van der Waals surface area contributed by atoms with Crippen LogP contribution < -0.4 is 10.1 Å². The quantitative estimate of drug-likeness (QED) is 0.583. The van der Waals surface area contributed by atoms with E-state index in [2.05, 4.69) is 5.32 Å². The van der Waals surface area contributed by atoms with Crippen LogP contribution in [0.5, 0.6) is 5.75 Å². The zero-order valence-corrected chi connectivity index (χ0v) is 16.1. The Morgan fingerprint density at radius 3 is 1.97 bits per heavy atom. The minimum Gasteiger partial charge on any atom is -0.497 e. The third kappa shape index (κ3) is 4.62. The summed E-state index contributed by atoms with van der Waals surface area (Å²) < 4.78 is 5.08. The minimum atomic E-state index is -1.21. The van der Waals surface area contributed by atoms with Gasteiger partial charge >= 0.3 is 5.97 Å². The number of hydrogen-bond acceptors (Lipinski definition) is 4. The van der Waals surface area contributed by atoms with Crippen molar-refractivity contribution in [1.29, 1.82) is 0 Å². The number of ether oxygens (including phenoxy) is 1. The molecule has 2 N–H and O–H groups in total. The van der Waals surface area contributed by atoms with Gasteiger partial charge in [-0.05, 0) is 54.6 Å². The largest absolute Gasteiger partial charge is 0.497 e. The molecule has 0 aromatic heterocycles. The lowest BCUT2D eigenvalue weighted by atomic mass is 10.0. The fourth-order valence-electron chi connectivity index (χ4n) is 2.68. The molecule has 0 heterocycles. The molecule has 0 aliphatic heterocycles. The van der Waals surface area contributed by atoms with Crippen molar-refractivity contribution in [3.05, 3.63) is 94.0 Å². The van der Waals surface area contributed by atoms with E-state index in [9.17, 15) is 19.5 Å². The molecule has 0 atom stereocenters. The Bertz CT molecular complexity index is 1080. The van der Waals surface area contributed by atoms with Crippen LogP contribution in [0.4, 0.5) is 5.69 Å². The van der Waals surface area contributed by atoms with Crippen LogP contribution in [0, 0.1) is 0 Å². The average molecular weight is 410 g/mol. The number of anilines is 1. The Labute approximate surface area is 171 Å². The Kier molecular flexibility index (Phi) is 5.95. The second-order valence-electron chi connectivity index (χ2n) is 6.08. The number of nitrogens with one attached hydrogen (secondary N) is 1. The van der Waals surface area contributed by atoms with Crippen LogP contribution in [-0.2, 0) is 0 Å². The topological polar surface area (TPSA) is 92.7 Å². The molecule has 1 amide bonds. The van der Waals surface area contributed by atoms with Gasteiger partial charge in [-0.2, -0.15) is 0 Å². The standard InChI is InChI=1S/C22H16ClNO5/c1-29-17-9-6-14(7-10-17)20(25)13-2-4-15(5-3-13)21(26)24-19-11-8-16(23)12-18(19)22(27)28/h2-12H,1H3,(H,24,26)(H,27,28). The third-order valence-electron chi connectivity index (χ3n) is 4.22. The summed E-state index contributed by atoms with van der Waals surface area (Å²) in [7, 11) is 1.55. The Balaban J connectivity index is 1.77. The second kappa shape index (κ2) is 8.58. The van der Waals surface area contributed by atoms with Crippen LogP contribution in [0.3, 0.4) is 0 Å². The number of carbonyl (C=O) groups excluding carboxylic acids is 2. The maximum absolute atomic E-state index is 12.6. The SMILES string of the molecule is COc1ccc(C(=O)c2ccc(C(=O)Nc3ccc(Cl)cc3C(=O)O)cc2)cc1. The van der Waals surface area contributed by atoms with Crippen LogP contribution in [0.25, 0.3) is 0 Å². The summed E-state index contributed by atoms with van der Waals surface area (Å²) in [4.78, 5) is 36.3. The number of carbonyl (C=O) groups is 3. The molecular formula is C22H16ClNO5. The lowest BCUT2D eigenvalue weighted by Gasteiger charge is -2.09. The molecule has 0 aliphatic carbocycles. The maximum Gasteiger partial charge on any atom is 0.337 e. The number of carboxylic acids is 1. The van der Waals surface area contributed by atoms with Crippen LogP contribution >= 0.6 is 11.6 Å². The van der Waals surface area contributed by atoms with Gasteiger partial charge < -0.3 is 15.2 Å². The monoisotopic (exact) mass is 409 g/mol. The second-order valence-corrected chi connectivity index (χ2v) is 6.52. The highest BCUT2D eigenvalue weighted by Gasteiger charge is 2.15. The van der Waals surface area contributed by atoms with Crippen LogP contribution in [0.1, 0.15) is 36.6 Å².